The first kappa shape index (κ1) is 18.7. The second-order valence-corrected chi connectivity index (χ2v) is 7.96. The number of carbonyl (C=O) groups excluding carboxylic acids is 1. The lowest BCUT2D eigenvalue weighted by Crippen LogP contribution is -2.47. The number of aryl methyl sites for hydroxylation is 2. The van der Waals surface area contributed by atoms with Crippen molar-refractivity contribution < 1.29 is 14.3 Å². The topological polar surface area (TPSA) is 53.7 Å². The first-order valence-corrected chi connectivity index (χ1v) is 9.45. The van der Waals surface area contributed by atoms with E-state index in [4.69, 9.17) is 4.42 Å². The van der Waals surface area contributed by atoms with Crippen LogP contribution in [0, 0.1) is 13.8 Å². The van der Waals surface area contributed by atoms with E-state index in [1.165, 1.54) is 5.56 Å². The normalized spacial score (nSPS) is 16.9. The van der Waals surface area contributed by atoms with E-state index in [2.05, 4.69) is 39.0 Å². The molecule has 1 aliphatic rings. The van der Waals surface area contributed by atoms with Gasteiger partial charge in [-0.2, -0.15) is 0 Å². The van der Waals surface area contributed by atoms with E-state index in [0.29, 0.717) is 43.7 Å². The maximum atomic E-state index is 12.9. The predicted octanol–water partition coefficient (Wildman–Crippen LogP) is 4.23. The van der Waals surface area contributed by atoms with Crippen molar-refractivity contribution in [1.29, 1.82) is 0 Å². The molecule has 0 radical (unpaired) electrons. The number of nitrogens with zero attached hydrogens (tertiary/aromatic N) is 1. The lowest BCUT2D eigenvalue weighted by atomic mass is 9.85. The highest BCUT2D eigenvalue weighted by atomic mass is 16.3. The Labute approximate surface area is 155 Å². The number of rotatable bonds is 4. The Balaban J connectivity index is 1.65. The second kappa shape index (κ2) is 7.28. The van der Waals surface area contributed by atoms with Gasteiger partial charge in [0.05, 0.1) is 11.2 Å². The van der Waals surface area contributed by atoms with Gasteiger partial charge in [0.25, 0.3) is 5.91 Å². The van der Waals surface area contributed by atoms with Gasteiger partial charge in [0.15, 0.2) is 0 Å². The molecule has 0 bridgehead atoms. The van der Waals surface area contributed by atoms with Crippen LogP contribution in [0.15, 0.2) is 34.7 Å². The lowest BCUT2D eigenvalue weighted by Gasteiger charge is -2.38. The van der Waals surface area contributed by atoms with Crippen LogP contribution in [0.4, 0.5) is 0 Å². The molecule has 1 fully saturated rings. The van der Waals surface area contributed by atoms with Crippen molar-refractivity contribution in [3.8, 4) is 0 Å². The van der Waals surface area contributed by atoms with Gasteiger partial charge in [0.1, 0.15) is 11.5 Å². The van der Waals surface area contributed by atoms with Gasteiger partial charge in [-0.3, -0.25) is 4.79 Å². The minimum Gasteiger partial charge on any atom is -0.465 e. The number of furan rings is 1. The van der Waals surface area contributed by atoms with Crippen LogP contribution in [0.5, 0.6) is 0 Å². The Morgan fingerprint density at radius 3 is 2.50 bits per heavy atom. The molecular formula is C22H29NO3. The highest BCUT2D eigenvalue weighted by Gasteiger charge is 2.35. The number of hydrogen-bond acceptors (Lipinski definition) is 3. The van der Waals surface area contributed by atoms with Gasteiger partial charge in [-0.15, -0.1) is 0 Å². The van der Waals surface area contributed by atoms with Crippen molar-refractivity contribution in [2.75, 3.05) is 13.1 Å². The summed E-state index contributed by atoms with van der Waals surface area (Å²) in [6, 6.07) is 10.1. The van der Waals surface area contributed by atoms with Gasteiger partial charge in [-0.1, -0.05) is 43.7 Å². The third-order valence-corrected chi connectivity index (χ3v) is 5.33. The Morgan fingerprint density at radius 1 is 1.23 bits per heavy atom. The zero-order chi connectivity index (χ0) is 18.9. The second-order valence-electron chi connectivity index (χ2n) is 7.96. The smallest absolute Gasteiger partial charge is 0.257 e. The van der Waals surface area contributed by atoms with Gasteiger partial charge >= 0.3 is 0 Å². The van der Waals surface area contributed by atoms with Crippen LogP contribution < -0.4 is 0 Å². The molecule has 4 nitrogen and oxygen atoms in total. The zero-order valence-corrected chi connectivity index (χ0v) is 16.2. The van der Waals surface area contributed by atoms with E-state index in [1.54, 1.807) is 0 Å². The Hall–Kier alpha value is -2.07. The first-order valence-electron chi connectivity index (χ1n) is 9.45. The van der Waals surface area contributed by atoms with Gasteiger partial charge in [0.2, 0.25) is 0 Å². The van der Waals surface area contributed by atoms with Crippen LogP contribution in [0.2, 0.25) is 0 Å². The van der Waals surface area contributed by atoms with Crippen LogP contribution in [-0.4, -0.2) is 34.6 Å². The van der Waals surface area contributed by atoms with Crippen LogP contribution >= 0.6 is 0 Å². The number of carbonyl (C=O) groups is 1. The fourth-order valence-electron chi connectivity index (χ4n) is 3.68. The zero-order valence-electron chi connectivity index (χ0n) is 16.2. The molecule has 1 amide bonds. The van der Waals surface area contributed by atoms with Crippen molar-refractivity contribution >= 4 is 5.91 Å². The molecule has 3 rings (SSSR count). The molecule has 1 aromatic heterocycles. The summed E-state index contributed by atoms with van der Waals surface area (Å²) in [5.74, 6) is 1.80. The molecule has 0 unspecified atom stereocenters. The minimum atomic E-state index is -0.737. The molecule has 1 aliphatic heterocycles. The summed E-state index contributed by atoms with van der Waals surface area (Å²) in [5.41, 5.74) is 2.27. The third-order valence-electron chi connectivity index (χ3n) is 5.33. The van der Waals surface area contributed by atoms with Gasteiger partial charge < -0.3 is 14.4 Å². The fourth-order valence-corrected chi connectivity index (χ4v) is 3.68. The molecular weight excluding hydrogens is 326 g/mol. The highest BCUT2D eigenvalue weighted by Crippen LogP contribution is 2.29. The van der Waals surface area contributed by atoms with Gasteiger partial charge in [0, 0.05) is 25.4 Å². The Kier molecular flexibility index (Phi) is 5.24. The number of piperidine rings is 1. The van der Waals surface area contributed by atoms with Crippen LogP contribution in [0.25, 0.3) is 0 Å². The fraction of sp³-hybridized carbons (Fsp3) is 0.500. The number of hydrogen-bond donors (Lipinski definition) is 1. The maximum Gasteiger partial charge on any atom is 0.257 e. The SMILES string of the molecule is Cc1cccc(CC2(O)CCN(C(=O)c3cc(C(C)C)oc3C)CC2)c1. The molecule has 0 saturated carbocycles. The van der Waals surface area contributed by atoms with Gasteiger partial charge in [-0.25, -0.2) is 0 Å². The van der Waals surface area contributed by atoms with E-state index in [9.17, 15) is 9.90 Å². The Bertz CT molecular complexity index is 782. The molecule has 26 heavy (non-hydrogen) atoms. The average molecular weight is 355 g/mol. The molecule has 0 spiro atoms. The minimum absolute atomic E-state index is 0.00996. The molecule has 2 heterocycles. The van der Waals surface area contributed by atoms with Crippen molar-refractivity contribution in [2.24, 2.45) is 0 Å². The molecule has 2 aromatic rings. The van der Waals surface area contributed by atoms with Crippen molar-refractivity contribution in [3.05, 3.63) is 58.5 Å². The monoisotopic (exact) mass is 355 g/mol. The standard InChI is InChI=1S/C22H29NO3/c1-15(2)20-13-19(17(4)26-20)21(24)23-10-8-22(25,9-11-23)14-18-7-5-6-16(3)12-18/h5-7,12-13,15,25H,8-11,14H2,1-4H3. The average Bonchev–Trinajstić information content (AvgIpc) is 2.97. The molecule has 1 N–H and O–H groups in total. The van der Waals surface area contributed by atoms with Crippen molar-refractivity contribution in [3.63, 3.8) is 0 Å². The quantitative estimate of drug-likeness (QED) is 0.893. The largest absolute Gasteiger partial charge is 0.465 e. The number of benzene rings is 1. The van der Waals surface area contributed by atoms with Crippen LogP contribution in [0.1, 0.15) is 65.6 Å². The summed E-state index contributed by atoms with van der Waals surface area (Å²) in [5, 5.41) is 11.0. The van der Waals surface area contributed by atoms with E-state index in [1.807, 2.05) is 24.0 Å². The molecule has 140 valence electrons. The summed E-state index contributed by atoms with van der Waals surface area (Å²) in [7, 11) is 0. The first-order chi connectivity index (χ1) is 12.3. The van der Waals surface area contributed by atoms with E-state index < -0.39 is 5.60 Å². The summed E-state index contributed by atoms with van der Waals surface area (Å²) in [6.45, 7) is 9.16. The van der Waals surface area contributed by atoms with Gasteiger partial charge in [-0.05, 0) is 38.3 Å². The maximum absolute atomic E-state index is 12.9. The van der Waals surface area contributed by atoms with E-state index in [-0.39, 0.29) is 11.8 Å². The molecule has 1 saturated heterocycles. The molecule has 0 aliphatic carbocycles. The molecule has 0 atom stereocenters. The van der Waals surface area contributed by atoms with Crippen molar-refractivity contribution in [1.82, 2.24) is 4.90 Å². The summed E-state index contributed by atoms with van der Waals surface area (Å²) >= 11 is 0. The van der Waals surface area contributed by atoms with Crippen molar-refractivity contribution in [2.45, 2.75) is 58.5 Å². The van der Waals surface area contributed by atoms with E-state index >= 15 is 0 Å². The third kappa shape index (κ3) is 4.01. The molecule has 1 aromatic carbocycles. The van der Waals surface area contributed by atoms with Crippen LogP contribution in [-0.2, 0) is 6.42 Å². The number of aliphatic hydroxyl groups is 1. The highest BCUT2D eigenvalue weighted by molar-refractivity contribution is 5.95. The summed E-state index contributed by atoms with van der Waals surface area (Å²) < 4.78 is 5.72. The summed E-state index contributed by atoms with van der Waals surface area (Å²) in [4.78, 5) is 14.7. The van der Waals surface area contributed by atoms with Crippen LogP contribution in [0.3, 0.4) is 0 Å². The lowest BCUT2D eigenvalue weighted by molar-refractivity contribution is -0.0162. The predicted molar refractivity (Wildman–Crippen MR) is 103 cm³/mol. The number of amides is 1. The summed E-state index contributed by atoms with van der Waals surface area (Å²) in [6.07, 6.45) is 1.83. The van der Waals surface area contributed by atoms with E-state index in [0.717, 1.165) is 11.3 Å². The number of likely N-dealkylation sites (tertiary alicyclic amines) is 1. The Morgan fingerprint density at radius 2 is 1.92 bits per heavy atom. The molecule has 4 heteroatoms.